The van der Waals surface area contributed by atoms with E-state index in [9.17, 15) is 4.79 Å². The van der Waals surface area contributed by atoms with Crippen LogP contribution in [-0.2, 0) is 0 Å². The molecule has 5 nitrogen and oxygen atoms in total. The Kier molecular flexibility index (Phi) is 1.91. The first kappa shape index (κ1) is 7.74. The van der Waals surface area contributed by atoms with E-state index in [4.69, 9.17) is 5.84 Å². The molecular formula is C6H10N4O. The van der Waals surface area contributed by atoms with Crippen LogP contribution in [0.3, 0.4) is 0 Å². The molecule has 0 atom stereocenters. The van der Waals surface area contributed by atoms with Crippen molar-refractivity contribution in [3.05, 3.63) is 21.7 Å². The van der Waals surface area contributed by atoms with Gasteiger partial charge >= 0.3 is 0 Å². The third kappa shape index (κ3) is 1.38. The topological polar surface area (TPSA) is 83.8 Å². The molecule has 0 aliphatic carbocycles. The van der Waals surface area contributed by atoms with Gasteiger partial charge in [0.1, 0.15) is 0 Å². The molecule has 0 saturated carbocycles. The number of hydrogen-bond donors (Lipinski definition) is 3. The summed E-state index contributed by atoms with van der Waals surface area (Å²) in [6, 6.07) is 0. The number of rotatable bonds is 1. The summed E-state index contributed by atoms with van der Waals surface area (Å²) in [7, 11) is 0. The van der Waals surface area contributed by atoms with E-state index in [1.54, 1.807) is 13.8 Å². The third-order valence-electron chi connectivity index (χ3n) is 1.48. The molecule has 4 N–H and O–H groups in total. The summed E-state index contributed by atoms with van der Waals surface area (Å²) < 4.78 is 0. The number of aryl methyl sites for hydroxylation is 2. The monoisotopic (exact) mass is 154 g/mol. The van der Waals surface area contributed by atoms with Crippen LogP contribution in [0, 0.1) is 13.8 Å². The highest BCUT2D eigenvalue weighted by Gasteiger charge is 2.00. The van der Waals surface area contributed by atoms with Crippen LogP contribution < -0.4 is 16.8 Å². The fourth-order valence-corrected chi connectivity index (χ4v) is 0.720. The van der Waals surface area contributed by atoms with E-state index in [2.05, 4.69) is 15.4 Å². The Hall–Kier alpha value is -1.36. The van der Waals surface area contributed by atoms with Crippen LogP contribution in [0.5, 0.6) is 0 Å². The van der Waals surface area contributed by atoms with Crippen molar-refractivity contribution >= 4 is 5.82 Å². The lowest BCUT2D eigenvalue weighted by Gasteiger charge is -2.01. The number of nitrogens with two attached hydrogens (primary N) is 1. The Labute approximate surface area is 63.6 Å². The normalized spacial score (nSPS) is 9.73. The van der Waals surface area contributed by atoms with Crippen LogP contribution in [0.4, 0.5) is 5.82 Å². The molecule has 0 aliphatic rings. The fraction of sp³-hybridized carbons (Fsp3) is 0.333. The lowest BCUT2D eigenvalue weighted by atomic mass is 10.3. The predicted octanol–water partition coefficient (Wildman–Crippen LogP) is -0.328. The van der Waals surface area contributed by atoms with E-state index in [0.29, 0.717) is 0 Å². The van der Waals surface area contributed by atoms with Gasteiger partial charge in [0.05, 0.1) is 5.69 Å². The van der Waals surface area contributed by atoms with Gasteiger partial charge in [-0.3, -0.25) is 4.79 Å². The number of hydrazine groups is 1. The maximum Gasteiger partial charge on any atom is 0.292 e. The molecule has 0 saturated heterocycles. The first-order valence-corrected chi connectivity index (χ1v) is 3.19. The van der Waals surface area contributed by atoms with Crippen molar-refractivity contribution in [2.24, 2.45) is 5.84 Å². The van der Waals surface area contributed by atoms with Gasteiger partial charge < -0.3 is 10.4 Å². The maximum absolute atomic E-state index is 11.0. The van der Waals surface area contributed by atoms with Gasteiger partial charge in [0.25, 0.3) is 5.56 Å². The predicted molar refractivity (Wildman–Crippen MR) is 42.1 cm³/mol. The molecule has 1 aromatic rings. The van der Waals surface area contributed by atoms with E-state index in [0.717, 1.165) is 11.4 Å². The minimum atomic E-state index is -0.296. The van der Waals surface area contributed by atoms with Crippen molar-refractivity contribution in [3.8, 4) is 0 Å². The van der Waals surface area contributed by atoms with Crippen LogP contribution in [0.2, 0.25) is 0 Å². The summed E-state index contributed by atoms with van der Waals surface area (Å²) >= 11 is 0. The van der Waals surface area contributed by atoms with E-state index < -0.39 is 0 Å². The van der Waals surface area contributed by atoms with Crippen LogP contribution in [0.25, 0.3) is 0 Å². The standard InChI is InChI=1S/C6H10N4O/c1-3-4(2)9-6(11)5(8-3)10-7/h7H2,1-2H3,(H,8,10)(H,9,11). The minimum Gasteiger partial charge on any atom is -0.321 e. The van der Waals surface area contributed by atoms with Crippen molar-refractivity contribution < 1.29 is 0 Å². The smallest absolute Gasteiger partial charge is 0.292 e. The van der Waals surface area contributed by atoms with Crippen LogP contribution >= 0.6 is 0 Å². The molecule has 0 amide bonds. The summed E-state index contributed by atoms with van der Waals surface area (Å²) in [6.45, 7) is 3.58. The van der Waals surface area contributed by atoms with Gasteiger partial charge in [-0.15, -0.1) is 0 Å². The Morgan fingerprint density at radius 3 is 2.73 bits per heavy atom. The Morgan fingerprint density at radius 2 is 2.18 bits per heavy atom. The molecule has 5 heteroatoms. The molecule has 0 spiro atoms. The summed E-state index contributed by atoms with van der Waals surface area (Å²) in [4.78, 5) is 17.5. The molecule has 60 valence electrons. The first-order valence-electron chi connectivity index (χ1n) is 3.19. The lowest BCUT2D eigenvalue weighted by Crippen LogP contribution is -2.21. The average molecular weight is 154 g/mol. The molecule has 1 heterocycles. The highest BCUT2D eigenvalue weighted by Crippen LogP contribution is 1.98. The second kappa shape index (κ2) is 2.71. The van der Waals surface area contributed by atoms with Crippen molar-refractivity contribution in [2.75, 3.05) is 5.43 Å². The van der Waals surface area contributed by atoms with E-state index in [1.165, 1.54) is 0 Å². The first-order chi connectivity index (χ1) is 5.15. The average Bonchev–Trinajstić information content (AvgIpc) is 1.97. The van der Waals surface area contributed by atoms with Gasteiger partial charge in [0.2, 0.25) is 5.82 Å². The molecule has 11 heavy (non-hydrogen) atoms. The van der Waals surface area contributed by atoms with E-state index in [-0.39, 0.29) is 11.4 Å². The number of hydrogen-bond acceptors (Lipinski definition) is 4. The maximum atomic E-state index is 11.0. The van der Waals surface area contributed by atoms with Gasteiger partial charge in [-0.25, -0.2) is 10.8 Å². The molecule has 0 radical (unpaired) electrons. The zero-order valence-corrected chi connectivity index (χ0v) is 6.43. The molecule has 1 aromatic heterocycles. The van der Waals surface area contributed by atoms with Gasteiger partial charge in [-0.1, -0.05) is 0 Å². The van der Waals surface area contributed by atoms with Gasteiger partial charge in [-0.2, -0.15) is 0 Å². The zero-order valence-electron chi connectivity index (χ0n) is 6.43. The lowest BCUT2D eigenvalue weighted by molar-refractivity contribution is 1.00. The van der Waals surface area contributed by atoms with Crippen LogP contribution in [0.15, 0.2) is 4.79 Å². The Morgan fingerprint density at radius 1 is 1.55 bits per heavy atom. The van der Waals surface area contributed by atoms with Gasteiger partial charge in [0, 0.05) is 5.69 Å². The molecule has 0 fully saturated rings. The molecular weight excluding hydrogens is 144 g/mol. The van der Waals surface area contributed by atoms with Crippen molar-refractivity contribution in [3.63, 3.8) is 0 Å². The summed E-state index contributed by atoms with van der Waals surface area (Å²) in [6.07, 6.45) is 0. The SMILES string of the molecule is Cc1nc(NN)c(=O)[nH]c1C. The van der Waals surface area contributed by atoms with E-state index >= 15 is 0 Å². The van der Waals surface area contributed by atoms with Crippen molar-refractivity contribution in [1.29, 1.82) is 0 Å². The Bertz CT molecular complexity index is 317. The second-order valence-electron chi connectivity index (χ2n) is 2.27. The van der Waals surface area contributed by atoms with Crippen LogP contribution in [-0.4, -0.2) is 9.97 Å². The fourth-order valence-electron chi connectivity index (χ4n) is 0.720. The highest BCUT2D eigenvalue weighted by molar-refractivity contribution is 5.31. The summed E-state index contributed by atoms with van der Waals surface area (Å²) in [5.74, 6) is 5.18. The summed E-state index contributed by atoms with van der Waals surface area (Å²) in [5, 5.41) is 0. The van der Waals surface area contributed by atoms with Gasteiger partial charge in [-0.05, 0) is 13.8 Å². The quantitative estimate of drug-likeness (QED) is 0.382. The molecule has 0 bridgehead atoms. The summed E-state index contributed by atoms with van der Waals surface area (Å²) in [5.41, 5.74) is 3.43. The van der Waals surface area contributed by atoms with E-state index in [1.807, 2.05) is 0 Å². The number of H-pyrrole nitrogens is 1. The molecule has 0 aliphatic heterocycles. The largest absolute Gasteiger partial charge is 0.321 e. The van der Waals surface area contributed by atoms with Crippen LogP contribution in [0.1, 0.15) is 11.4 Å². The third-order valence-corrected chi connectivity index (χ3v) is 1.48. The number of anilines is 1. The highest BCUT2D eigenvalue weighted by atomic mass is 16.1. The number of nitrogens with zero attached hydrogens (tertiary/aromatic N) is 1. The number of nitrogens with one attached hydrogen (secondary N) is 2. The zero-order chi connectivity index (χ0) is 8.43. The minimum absolute atomic E-state index is 0.146. The number of nitrogen functional groups attached to an aromatic ring is 1. The molecule has 0 unspecified atom stereocenters. The molecule has 1 rings (SSSR count). The van der Waals surface area contributed by atoms with Crippen molar-refractivity contribution in [2.45, 2.75) is 13.8 Å². The molecule has 0 aromatic carbocycles. The Balaban J connectivity index is 3.32. The number of aromatic nitrogens is 2. The van der Waals surface area contributed by atoms with Gasteiger partial charge in [0.15, 0.2) is 0 Å². The number of aromatic amines is 1. The van der Waals surface area contributed by atoms with Crippen molar-refractivity contribution in [1.82, 2.24) is 9.97 Å². The second-order valence-corrected chi connectivity index (χ2v) is 2.27.